The Morgan fingerprint density at radius 3 is 2.41 bits per heavy atom. The number of benzene rings is 3. The Kier molecular flexibility index (Phi) is 9.50. The third-order valence-corrected chi connectivity index (χ3v) is 14.5. The molecule has 2 aliphatic rings. The van der Waals surface area contributed by atoms with Crippen molar-refractivity contribution in [2.45, 2.75) is 76.5 Å². The first-order chi connectivity index (χ1) is 30.4. The number of halogens is 2. The minimum atomic E-state index is -4.40. The van der Waals surface area contributed by atoms with Gasteiger partial charge in [0.25, 0.3) is 15.9 Å². The topological polar surface area (TPSA) is 149 Å². The van der Waals surface area contributed by atoms with E-state index in [-0.39, 0.29) is 57.9 Å². The van der Waals surface area contributed by atoms with E-state index in [9.17, 15) is 13.2 Å². The number of ether oxygens (including phenoxy) is 1. The van der Waals surface area contributed by atoms with Crippen LogP contribution >= 0.6 is 0 Å². The van der Waals surface area contributed by atoms with Crippen LogP contribution in [0.4, 0.5) is 8.78 Å². The van der Waals surface area contributed by atoms with Crippen molar-refractivity contribution in [3.63, 3.8) is 0 Å². The van der Waals surface area contributed by atoms with E-state index in [0.29, 0.717) is 51.1 Å². The Morgan fingerprint density at radius 1 is 0.953 bits per heavy atom. The lowest BCUT2D eigenvalue weighted by molar-refractivity contribution is -0.0592. The molecule has 1 amide bonds. The first-order valence-electron chi connectivity index (χ1n) is 21.1. The molecular weight excluding hydrogens is 843 g/mol. The summed E-state index contributed by atoms with van der Waals surface area (Å²) in [6.07, 6.45) is 8.98. The predicted octanol–water partition coefficient (Wildman–Crippen LogP) is 6.95. The molecule has 0 bridgehead atoms. The third-order valence-electron chi connectivity index (χ3n) is 12.8. The van der Waals surface area contributed by atoms with Gasteiger partial charge in [0.15, 0.2) is 10.8 Å². The van der Waals surface area contributed by atoms with E-state index in [1.807, 2.05) is 12.1 Å². The average molecular weight is 889 g/mol. The number of nitrogens with zero attached hydrogens (tertiary/aromatic N) is 10. The van der Waals surface area contributed by atoms with Crippen molar-refractivity contribution in [3.8, 4) is 17.2 Å². The van der Waals surface area contributed by atoms with Gasteiger partial charge in [0.05, 0.1) is 57.7 Å². The van der Waals surface area contributed by atoms with E-state index in [1.54, 1.807) is 79.5 Å². The SMILES string of the molecule is Cc1cc(-n2nc3c(c2-n2ccn(-c4ccc5c(cnn5C)c4F)c2=O)[C@H](C)N(C(=O)c2cc4cc(C5CCOC(C)(C)C5)ccc4n2S(=O)(=O)c2cn(C)cn2)CC3)cc(C)c1F. The van der Waals surface area contributed by atoms with Crippen molar-refractivity contribution in [2.24, 2.45) is 14.1 Å². The number of aryl methyl sites for hydroxylation is 4. The number of amides is 1. The lowest BCUT2D eigenvalue weighted by Gasteiger charge is -2.35. The second-order valence-corrected chi connectivity index (χ2v) is 19.4. The van der Waals surface area contributed by atoms with Gasteiger partial charge < -0.3 is 14.2 Å². The Balaban J connectivity index is 1.12. The molecule has 2 atom stereocenters. The van der Waals surface area contributed by atoms with Crippen LogP contribution in [0, 0.1) is 25.5 Å². The molecule has 18 heteroatoms. The van der Waals surface area contributed by atoms with E-state index < -0.39 is 33.5 Å². The number of hydrogen-bond acceptors (Lipinski definition) is 8. The quantitative estimate of drug-likeness (QED) is 0.167. The zero-order valence-corrected chi connectivity index (χ0v) is 37.2. The van der Waals surface area contributed by atoms with Crippen molar-refractivity contribution in [3.05, 3.63) is 135 Å². The summed E-state index contributed by atoms with van der Waals surface area (Å²) in [6, 6.07) is 13.0. The fourth-order valence-electron chi connectivity index (χ4n) is 9.63. The van der Waals surface area contributed by atoms with Gasteiger partial charge in [-0.1, -0.05) is 6.07 Å². The zero-order chi connectivity index (χ0) is 45.1. The van der Waals surface area contributed by atoms with E-state index in [4.69, 9.17) is 9.84 Å². The van der Waals surface area contributed by atoms with Gasteiger partial charge in [-0.2, -0.15) is 18.6 Å². The monoisotopic (exact) mass is 888 g/mol. The Labute approximate surface area is 366 Å². The highest BCUT2D eigenvalue weighted by atomic mass is 32.2. The second kappa shape index (κ2) is 14.7. The van der Waals surface area contributed by atoms with Crippen LogP contribution in [-0.2, 0) is 35.3 Å². The first-order valence-corrected chi connectivity index (χ1v) is 22.5. The lowest BCUT2D eigenvalue weighted by Crippen LogP contribution is -2.40. The molecule has 330 valence electrons. The van der Waals surface area contributed by atoms with Crippen LogP contribution in [0.5, 0.6) is 0 Å². The second-order valence-electron chi connectivity index (χ2n) is 17.6. The maximum Gasteiger partial charge on any atom is 0.338 e. The number of hydrogen-bond donors (Lipinski definition) is 0. The summed E-state index contributed by atoms with van der Waals surface area (Å²) in [5, 5.41) is 9.76. The van der Waals surface area contributed by atoms with Crippen molar-refractivity contribution in [1.29, 1.82) is 0 Å². The summed E-state index contributed by atoms with van der Waals surface area (Å²) in [7, 11) is -1.03. The number of imidazole rings is 2. The van der Waals surface area contributed by atoms with Crippen LogP contribution in [0.25, 0.3) is 39.0 Å². The molecule has 0 spiro atoms. The molecule has 3 aromatic carbocycles. The van der Waals surface area contributed by atoms with Crippen LogP contribution in [0.15, 0.2) is 89.5 Å². The molecule has 8 aromatic rings. The summed E-state index contributed by atoms with van der Waals surface area (Å²) in [6.45, 7) is 9.95. The number of carbonyl (C=O) groups excluding carboxylic acids is 1. The molecule has 1 unspecified atom stereocenters. The maximum atomic E-state index is 16.1. The molecule has 0 saturated carbocycles. The van der Waals surface area contributed by atoms with Crippen LogP contribution in [-0.4, -0.2) is 80.2 Å². The van der Waals surface area contributed by atoms with E-state index in [0.717, 1.165) is 22.4 Å². The van der Waals surface area contributed by atoms with Gasteiger partial charge in [0.1, 0.15) is 17.3 Å². The normalized spacial score (nSPS) is 17.7. The maximum absolute atomic E-state index is 16.1. The van der Waals surface area contributed by atoms with Crippen LogP contribution < -0.4 is 5.69 Å². The molecule has 2 aliphatic heterocycles. The molecule has 0 aliphatic carbocycles. The van der Waals surface area contributed by atoms with E-state index >= 15 is 13.6 Å². The van der Waals surface area contributed by atoms with Gasteiger partial charge in [-0.25, -0.2) is 27.2 Å². The van der Waals surface area contributed by atoms with Crippen molar-refractivity contribution < 1.29 is 26.7 Å². The van der Waals surface area contributed by atoms with Crippen molar-refractivity contribution in [2.75, 3.05) is 13.2 Å². The molecule has 10 rings (SSSR count). The summed E-state index contributed by atoms with van der Waals surface area (Å²) in [5.74, 6) is -1.14. The van der Waals surface area contributed by atoms with Gasteiger partial charge in [0.2, 0.25) is 0 Å². The fraction of sp³-hybridized carbons (Fsp3) is 0.326. The summed E-state index contributed by atoms with van der Waals surface area (Å²) in [4.78, 5) is 35.6. The van der Waals surface area contributed by atoms with Gasteiger partial charge in [-0.05, 0) is 113 Å². The van der Waals surface area contributed by atoms with Gasteiger partial charge in [-0.3, -0.25) is 18.6 Å². The van der Waals surface area contributed by atoms with Crippen molar-refractivity contribution in [1.82, 2.24) is 47.1 Å². The molecule has 1 fully saturated rings. The van der Waals surface area contributed by atoms with Crippen LogP contribution in [0.1, 0.15) is 84.0 Å². The Morgan fingerprint density at radius 2 is 1.69 bits per heavy atom. The highest BCUT2D eigenvalue weighted by Crippen LogP contribution is 2.40. The molecule has 64 heavy (non-hydrogen) atoms. The lowest BCUT2D eigenvalue weighted by atomic mass is 9.83. The fourth-order valence-corrected chi connectivity index (χ4v) is 11.1. The third kappa shape index (κ3) is 6.44. The minimum absolute atomic E-state index is 0.00754. The summed E-state index contributed by atoms with van der Waals surface area (Å²) < 4.78 is 74.6. The molecule has 15 nitrogen and oxygen atoms in total. The van der Waals surface area contributed by atoms with Gasteiger partial charge in [0, 0.05) is 63.2 Å². The smallest absolute Gasteiger partial charge is 0.338 e. The largest absolute Gasteiger partial charge is 0.376 e. The highest BCUT2D eigenvalue weighted by molar-refractivity contribution is 7.90. The Hall–Kier alpha value is -6.66. The standard InChI is InChI=1S/C46H46F2N10O5S/c1-26-18-32(19-27(2)41(26)47)57-43(56-16-15-55(45(56)60)37-11-10-36-33(42(37)48)23-50-53(36)7)40-28(3)54(14-12-34(40)51-57)44(59)38-21-31-20-29(30-13-17-63-46(4,5)22-30)8-9-35(31)58(38)64(61,62)39-24-52(6)25-49-39/h8-11,15-16,18-21,23-25,28,30H,12-14,17,22H2,1-7H3/t28-,30?/m0/s1. The highest BCUT2D eigenvalue weighted by Gasteiger charge is 2.39. The van der Waals surface area contributed by atoms with Crippen LogP contribution in [0.3, 0.4) is 0 Å². The summed E-state index contributed by atoms with van der Waals surface area (Å²) in [5.41, 5.74) is 3.18. The number of fused-ring (bicyclic) bond motifs is 3. The molecule has 0 radical (unpaired) electrons. The van der Waals surface area contributed by atoms with E-state index in [2.05, 4.69) is 23.9 Å². The van der Waals surface area contributed by atoms with Gasteiger partial charge in [-0.15, -0.1) is 0 Å². The minimum Gasteiger partial charge on any atom is -0.376 e. The predicted molar refractivity (Wildman–Crippen MR) is 235 cm³/mol. The molecule has 5 aromatic heterocycles. The number of carbonyl (C=O) groups is 1. The molecular formula is C46H46F2N10O5S. The summed E-state index contributed by atoms with van der Waals surface area (Å²) >= 11 is 0. The molecule has 1 saturated heterocycles. The van der Waals surface area contributed by atoms with Crippen molar-refractivity contribution >= 4 is 37.7 Å². The van der Waals surface area contributed by atoms with Gasteiger partial charge >= 0.3 is 5.69 Å². The molecule has 0 N–H and O–H groups in total. The average Bonchev–Trinajstić information content (AvgIpc) is 4.10. The number of rotatable bonds is 7. The zero-order valence-electron chi connectivity index (χ0n) is 36.4. The first kappa shape index (κ1) is 41.4. The number of aromatic nitrogens is 9. The Bertz CT molecular complexity index is 3380. The van der Waals surface area contributed by atoms with Crippen LogP contribution in [0.2, 0.25) is 0 Å². The van der Waals surface area contributed by atoms with E-state index in [1.165, 1.54) is 50.9 Å². The molecule has 7 heterocycles.